The SMILES string of the molecule is CC(CCN1CCOC(CN(C)CC(=O)O)C1)c1ccccc1. The van der Waals surface area contributed by atoms with Gasteiger partial charge in [0, 0.05) is 19.6 Å². The third-order valence-corrected chi connectivity index (χ3v) is 4.39. The number of carbonyl (C=O) groups is 1. The molecule has 23 heavy (non-hydrogen) atoms. The van der Waals surface area contributed by atoms with E-state index in [2.05, 4.69) is 42.2 Å². The number of ether oxygens (including phenoxy) is 1. The summed E-state index contributed by atoms with van der Waals surface area (Å²) in [5.74, 6) is -0.246. The molecule has 5 nitrogen and oxygen atoms in total. The number of nitrogens with zero attached hydrogens (tertiary/aromatic N) is 2. The van der Waals surface area contributed by atoms with E-state index < -0.39 is 5.97 Å². The number of likely N-dealkylation sites (N-methyl/N-ethyl adjacent to an activating group) is 1. The highest BCUT2D eigenvalue weighted by atomic mass is 16.5. The van der Waals surface area contributed by atoms with Gasteiger partial charge >= 0.3 is 5.97 Å². The van der Waals surface area contributed by atoms with Gasteiger partial charge in [0.1, 0.15) is 0 Å². The monoisotopic (exact) mass is 320 g/mol. The van der Waals surface area contributed by atoms with Crippen LogP contribution in [-0.2, 0) is 9.53 Å². The summed E-state index contributed by atoms with van der Waals surface area (Å²) >= 11 is 0. The van der Waals surface area contributed by atoms with Gasteiger partial charge in [-0.25, -0.2) is 0 Å². The number of benzene rings is 1. The second-order valence-electron chi connectivity index (χ2n) is 6.48. The summed E-state index contributed by atoms with van der Waals surface area (Å²) in [5.41, 5.74) is 1.39. The number of hydrogen-bond acceptors (Lipinski definition) is 4. The molecule has 0 spiro atoms. The van der Waals surface area contributed by atoms with Crippen LogP contribution in [0.2, 0.25) is 0 Å². The Balaban J connectivity index is 1.74. The normalized spacial score (nSPS) is 20.6. The third kappa shape index (κ3) is 6.29. The van der Waals surface area contributed by atoms with Gasteiger partial charge in [0.2, 0.25) is 0 Å². The maximum absolute atomic E-state index is 10.7. The Morgan fingerprint density at radius 1 is 1.43 bits per heavy atom. The van der Waals surface area contributed by atoms with Crippen LogP contribution in [0.4, 0.5) is 0 Å². The Morgan fingerprint density at radius 2 is 2.17 bits per heavy atom. The fourth-order valence-electron chi connectivity index (χ4n) is 3.06. The number of hydrogen-bond donors (Lipinski definition) is 1. The molecule has 1 fully saturated rings. The molecule has 2 atom stereocenters. The van der Waals surface area contributed by atoms with Crippen molar-refractivity contribution < 1.29 is 14.6 Å². The number of morpholine rings is 1. The second-order valence-corrected chi connectivity index (χ2v) is 6.48. The van der Waals surface area contributed by atoms with Crippen LogP contribution in [0.15, 0.2) is 30.3 Å². The van der Waals surface area contributed by atoms with E-state index in [9.17, 15) is 4.79 Å². The average molecular weight is 320 g/mol. The zero-order valence-corrected chi connectivity index (χ0v) is 14.1. The van der Waals surface area contributed by atoms with Gasteiger partial charge in [-0.3, -0.25) is 14.6 Å². The van der Waals surface area contributed by atoms with Crippen molar-refractivity contribution >= 4 is 5.97 Å². The highest BCUT2D eigenvalue weighted by molar-refractivity contribution is 5.69. The van der Waals surface area contributed by atoms with Crippen molar-refractivity contribution in [2.75, 3.05) is 46.4 Å². The van der Waals surface area contributed by atoms with E-state index in [0.29, 0.717) is 12.5 Å². The van der Waals surface area contributed by atoms with Crippen molar-refractivity contribution in [3.8, 4) is 0 Å². The van der Waals surface area contributed by atoms with E-state index in [1.807, 2.05) is 11.9 Å². The molecule has 0 aliphatic carbocycles. The summed E-state index contributed by atoms with van der Waals surface area (Å²) in [6.07, 6.45) is 1.22. The molecule has 1 heterocycles. The molecule has 1 saturated heterocycles. The molecule has 0 aromatic heterocycles. The quantitative estimate of drug-likeness (QED) is 0.793. The summed E-state index contributed by atoms with van der Waals surface area (Å²) in [6.45, 7) is 6.62. The lowest BCUT2D eigenvalue weighted by Gasteiger charge is -2.35. The molecule has 0 radical (unpaired) electrons. The van der Waals surface area contributed by atoms with Crippen LogP contribution in [0.5, 0.6) is 0 Å². The maximum Gasteiger partial charge on any atom is 0.317 e. The molecule has 1 N–H and O–H groups in total. The van der Waals surface area contributed by atoms with Gasteiger partial charge in [-0.1, -0.05) is 37.3 Å². The van der Waals surface area contributed by atoms with Gasteiger partial charge in [-0.05, 0) is 31.5 Å². The van der Waals surface area contributed by atoms with E-state index in [1.165, 1.54) is 5.56 Å². The smallest absolute Gasteiger partial charge is 0.317 e. The van der Waals surface area contributed by atoms with Crippen LogP contribution in [0.1, 0.15) is 24.8 Å². The lowest BCUT2D eigenvalue weighted by Crippen LogP contribution is -2.47. The first-order valence-electron chi connectivity index (χ1n) is 8.34. The average Bonchev–Trinajstić information content (AvgIpc) is 2.53. The van der Waals surface area contributed by atoms with Crippen LogP contribution in [0.3, 0.4) is 0 Å². The maximum atomic E-state index is 10.7. The van der Waals surface area contributed by atoms with Gasteiger partial charge in [-0.2, -0.15) is 0 Å². The van der Waals surface area contributed by atoms with Gasteiger partial charge in [-0.15, -0.1) is 0 Å². The van der Waals surface area contributed by atoms with Crippen molar-refractivity contribution in [3.63, 3.8) is 0 Å². The number of carboxylic acid groups (broad SMARTS) is 1. The highest BCUT2D eigenvalue weighted by Crippen LogP contribution is 2.19. The first-order chi connectivity index (χ1) is 11.0. The van der Waals surface area contributed by atoms with Crippen LogP contribution in [0, 0.1) is 0 Å². The van der Waals surface area contributed by atoms with Crippen molar-refractivity contribution in [1.82, 2.24) is 9.80 Å². The van der Waals surface area contributed by atoms with Gasteiger partial charge in [0.15, 0.2) is 0 Å². The molecule has 1 aliphatic rings. The highest BCUT2D eigenvalue weighted by Gasteiger charge is 2.22. The van der Waals surface area contributed by atoms with Crippen molar-refractivity contribution in [1.29, 1.82) is 0 Å². The molecule has 0 bridgehead atoms. The van der Waals surface area contributed by atoms with Crippen molar-refractivity contribution in [2.45, 2.75) is 25.4 Å². The van der Waals surface area contributed by atoms with Crippen LogP contribution >= 0.6 is 0 Å². The first kappa shape index (κ1) is 17.9. The molecule has 2 rings (SSSR count). The predicted octanol–water partition coefficient (Wildman–Crippen LogP) is 1.90. The molecule has 0 amide bonds. The minimum atomic E-state index is -0.795. The van der Waals surface area contributed by atoms with Crippen molar-refractivity contribution in [3.05, 3.63) is 35.9 Å². The Kier molecular flexibility index (Phi) is 7.02. The lowest BCUT2D eigenvalue weighted by molar-refractivity contribution is -0.138. The zero-order valence-electron chi connectivity index (χ0n) is 14.1. The number of rotatable bonds is 8. The molecular weight excluding hydrogens is 292 g/mol. The van der Waals surface area contributed by atoms with E-state index in [1.54, 1.807) is 0 Å². The molecular formula is C18H28N2O3. The predicted molar refractivity (Wildman–Crippen MR) is 90.8 cm³/mol. The zero-order chi connectivity index (χ0) is 16.7. The Hall–Kier alpha value is -1.43. The fourth-order valence-corrected chi connectivity index (χ4v) is 3.06. The Bertz CT molecular complexity index is 480. The topological polar surface area (TPSA) is 53.0 Å². The Labute approximate surface area is 138 Å². The molecule has 0 saturated carbocycles. The molecule has 128 valence electrons. The number of aliphatic carboxylic acids is 1. The molecule has 1 aromatic rings. The van der Waals surface area contributed by atoms with Gasteiger partial charge in [0.05, 0.1) is 19.3 Å². The summed E-state index contributed by atoms with van der Waals surface area (Å²) in [4.78, 5) is 15.0. The minimum Gasteiger partial charge on any atom is -0.480 e. The number of carboxylic acids is 1. The first-order valence-corrected chi connectivity index (χ1v) is 8.34. The molecule has 1 aromatic carbocycles. The Morgan fingerprint density at radius 3 is 2.87 bits per heavy atom. The second kappa shape index (κ2) is 9.01. The van der Waals surface area contributed by atoms with E-state index in [0.717, 1.165) is 32.7 Å². The largest absolute Gasteiger partial charge is 0.480 e. The minimum absolute atomic E-state index is 0.0604. The molecule has 1 aliphatic heterocycles. The summed E-state index contributed by atoms with van der Waals surface area (Å²) in [7, 11) is 1.83. The van der Waals surface area contributed by atoms with Gasteiger partial charge < -0.3 is 9.84 Å². The van der Waals surface area contributed by atoms with Gasteiger partial charge in [0.25, 0.3) is 0 Å². The molecule has 2 unspecified atom stereocenters. The molecule has 5 heteroatoms. The van der Waals surface area contributed by atoms with Crippen LogP contribution < -0.4 is 0 Å². The van der Waals surface area contributed by atoms with Crippen LogP contribution in [-0.4, -0.2) is 73.4 Å². The standard InChI is InChI=1S/C18H28N2O3/c1-15(16-6-4-3-5-7-16)8-9-20-10-11-23-17(13-20)12-19(2)14-18(21)22/h3-7,15,17H,8-14H2,1-2H3,(H,21,22). The third-order valence-electron chi connectivity index (χ3n) is 4.39. The van der Waals surface area contributed by atoms with E-state index in [-0.39, 0.29) is 12.6 Å². The van der Waals surface area contributed by atoms with Crippen LogP contribution in [0.25, 0.3) is 0 Å². The summed E-state index contributed by atoms with van der Waals surface area (Å²) in [6, 6.07) is 10.6. The fraction of sp³-hybridized carbons (Fsp3) is 0.611. The lowest BCUT2D eigenvalue weighted by atomic mass is 9.97. The van der Waals surface area contributed by atoms with E-state index >= 15 is 0 Å². The van der Waals surface area contributed by atoms with Crippen molar-refractivity contribution in [2.24, 2.45) is 0 Å². The summed E-state index contributed by atoms with van der Waals surface area (Å²) < 4.78 is 5.78. The van der Waals surface area contributed by atoms with E-state index in [4.69, 9.17) is 9.84 Å². The summed E-state index contributed by atoms with van der Waals surface area (Å²) in [5, 5.41) is 8.83.